The van der Waals surface area contributed by atoms with Crippen LogP contribution in [-0.4, -0.2) is 18.0 Å². The first-order chi connectivity index (χ1) is 8.33. The molecule has 1 aromatic rings. The molecule has 1 fully saturated rings. The van der Waals surface area contributed by atoms with Crippen molar-refractivity contribution in [3.8, 4) is 0 Å². The molecule has 1 aromatic carbocycles. The highest BCUT2D eigenvalue weighted by molar-refractivity contribution is 6.01. The number of ether oxygens (including phenoxy) is 1. The standard InChI is InChI=1S/C15H20O2/c1-2-3-4-8-11-13-15(17-13)14(16)12-9-6-5-7-10-12/h5-7,9-10,13,15H,2-4,8,11H2,1H3/t13-,15+/m1/s1. The number of carbonyl (C=O) groups is 1. The fourth-order valence-corrected chi connectivity index (χ4v) is 2.13. The van der Waals surface area contributed by atoms with Gasteiger partial charge < -0.3 is 4.74 Å². The Morgan fingerprint density at radius 2 is 1.94 bits per heavy atom. The van der Waals surface area contributed by atoms with E-state index in [9.17, 15) is 4.79 Å². The molecule has 0 N–H and O–H groups in total. The van der Waals surface area contributed by atoms with E-state index in [4.69, 9.17) is 4.74 Å². The van der Waals surface area contributed by atoms with Gasteiger partial charge in [0, 0.05) is 5.56 Å². The van der Waals surface area contributed by atoms with Gasteiger partial charge in [-0.1, -0.05) is 62.9 Å². The number of rotatable bonds is 7. The van der Waals surface area contributed by atoms with Crippen molar-refractivity contribution >= 4 is 5.78 Å². The molecular formula is C15H20O2. The normalized spacial score (nSPS) is 22.4. The minimum absolute atomic E-state index is 0.145. The Labute approximate surface area is 103 Å². The molecule has 0 unspecified atom stereocenters. The molecule has 0 bridgehead atoms. The summed E-state index contributed by atoms with van der Waals surface area (Å²) in [5.41, 5.74) is 0.772. The SMILES string of the molecule is CCCCCC[C@H]1O[C@@H]1C(=O)c1ccccc1. The average molecular weight is 232 g/mol. The van der Waals surface area contributed by atoms with E-state index in [1.165, 1.54) is 25.7 Å². The highest BCUT2D eigenvalue weighted by Crippen LogP contribution is 2.30. The molecule has 0 radical (unpaired) electrons. The van der Waals surface area contributed by atoms with Crippen LogP contribution in [0.4, 0.5) is 0 Å². The lowest BCUT2D eigenvalue weighted by Crippen LogP contribution is -2.10. The zero-order chi connectivity index (χ0) is 12.1. The smallest absolute Gasteiger partial charge is 0.194 e. The van der Waals surface area contributed by atoms with Crippen molar-refractivity contribution in [2.45, 2.75) is 51.2 Å². The lowest BCUT2D eigenvalue weighted by Gasteiger charge is -1.97. The molecule has 1 heterocycles. The average Bonchev–Trinajstić information content (AvgIpc) is 3.14. The lowest BCUT2D eigenvalue weighted by molar-refractivity contribution is 0.0953. The van der Waals surface area contributed by atoms with Crippen LogP contribution in [0.1, 0.15) is 49.4 Å². The summed E-state index contributed by atoms with van der Waals surface area (Å²) in [5.74, 6) is 0.145. The van der Waals surface area contributed by atoms with Gasteiger partial charge in [-0.2, -0.15) is 0 Å². The molecule has 2 nitrogen and oxygen atoms in total. The number of carbonyl (C=O) groups excluding carboxylic acids is 1. The number of benzene rings is 1. The Bertz CT molecular complexity index is 358. The lowest BCUT2D eigenvalue weighted by atomic mass is 10.0. The highest BCUT2D eigenvalue weighted by atomic mass is 16.6. The van der Waals surface area contributed by atoms with Crippen LogP contribution in [0.15, 0.2) is 30.3 Å². The van der Waals surface area contributed by atoms with Gasteiger partial charge in [0.15, 0.2) is 5.78 Å². The van der Waals surface area contributed by atoms with Crippen molar-refractivity contribution in [1.82, 2.24) is 0 Å². The summed E-state index contributed by atoms with van der Waals surface area (Å²) in [6.45, 7) is 2.20. The third-order valence-electron chi connectivity index (χ3n) is 3.24. The number of ketones is 1. The van der Waals surface area contributed by atoms with Gasteiger partial charge in [-0.15, -0.1) is 0 Å². The molecule has 92 valence electrons. The van der Waals surface area contributed by atoms with Crippen LogP contribution in [0.25, 0.3) is 0 Å². The minimum atomic E-state index is -0.168. The maximum absolute atomic E-state index is 12.0. The highest BCUT2D eigenvalue weighted by Gasteiger charge is 2.44. The molecule has 0 aliphatic carbocycles. The summed E-state index contributed by atoms with van der Waals surface area (Å²) >= 11 is 0. The zero-order valence-electron chi connectivity index (χ0n) is 10.4. The van der Waals surface area contributed by atoms with E-state index in [-0.39, 0.29) is 18.0 Å². The van der Waals surface area contributed by atoms with Gasteiger partial charge in [-0.25, -0.2) is 0 Å². The van der Waals surface area contributed by atoms with Gasteiger partial charge in [0.1, 0.15) is 6.10 Å². The van der Waals surface area contributed by atoms with Crippen LogP contribution in [0.3, 0.4) is 0 Å². The van der Waals surface area contributed by atoms with Crippen molar-refractivity contribution in [3.63, 3.8) is 0 Å². The molecule has 0 aromatic heterocycles. The summed E-state index contributed by atoms with van der Waals surface area (Å²) in [5, 5.41) is 0. The molecule has 2 heteroatoms. The van der Waals surface area contributed by atoms with Gasteiger partial charge in [0.25, 0.3) is 0 Å². The van der Waals surface area contributed by atoms with Crippen LogP contribution in [0.2, 0.25) is 0 Å². The zero-order valence-corrected chi connectivity index (χ0v) is 10.4. The van der Waals surface area contributed by atoms with Crippen LogP contribution < -0.4 is 0 Å². The van der Waals surface area contributed by atoms with Crippen LogP contribution in [0, 0.1) is 0 Å². The van der Waals surface area contributed by atoms with Gasteiger partial charge in [-0.05, 0) is 6.42 Å². The molecule has 2 atom stereocenters. The Morgan fingerprint density at radius 1 is 1.18 bits per heavy atom. The predicted molar refractivity (Wildman–Crippen MR) is 68.2 cm³/mol. The summed E-state index contributed by atoms with van der Waals surface area (Å²) in [4.78, 5) is 12.0. The number of epoxide rings is 1. The second-order valence-corrected chi connectivity index (χ2v) is 4.67. The Hall–Kier alpha value is -1.15. The molecule has 0 amide bonds. The second-order valence-electron chi connectivity index (χ2n) is 4.67. The first kappa shape index (κ1) is 12.3. The molecule has 1 saturated heterocycles. The van der Waals surface area contributed by atoms with Gasteiger partial charge in [0.2, 0.25) is 0 Å². The minimum Gasteiger partial charge on any atom is -0.361 e. The van der Waals surface area contributed by atoms with Crippen molar-refractivity contribution in [1.29, 1.82) is 0 Å². The third kappa shape index (κ3) is 3.40. The molecule has 1 aliphatic heterocycles. The Balaban J connectivity index is 1.73. The van der Waals surface area contributed by atoms with Gasteiger partial charge in [-0.3, -0.25) is 4.79 Å². The molecule has 0 spiro atoms. The summed E-state index contributed by atoms with van der Waals surface area (Å²) in [6, 6.07) is 9.43. The molecular weight excluding hydrogens is 212 g/mol. The van der Waals surface area contributed by atoms with E-state index in [2.05, 4.69) is 6.92 Å². The summed E-state index contributed by atoms with van der Waals surface area (Å²) < 4.78 is 5.46. The van der Waals surface area contributed by atoms with E-state index in [0.29, 0.717) is 0 Å². The number of unbranched alkanes of at least 4 members (excludes halogenated alkanes) is 3. The number of Topliss-reactive ketones (excluding diaryl/α,β-unsaturated/α-hetero) is 1. The topological polar surface area (TPSA) is 29.6 Å². The quantitative estimate of drug-likeness (QED) is 0.408. The van der Waals surface area contributed by atoms with Crippen molar-refractivity contribution in [3.05, 3.63) is 35.9 Å². The van der Waals surface area contributed by atoms with Gasteiger partial charge >= 0.3 is 0 Å². The molecule has 1 aliphatic rings. The largest absolute Gasteiger partial charge is 0.361 e. The van der Waals surface area contributed by atoms with Crippen molar-refractivity contribution in [2.24, 2.45) is 0 Å². The molecule has 0 saturated carbocycles. The fourth-order valence-electron chi connectivity index (χ4n) is 2.13. The second kappa shape index (κ2) is 5.97. The Kier molecular flexibility index (Phi) is 4.32. The fraction of sp³-hybridized carbons (Fsp3) is 0.533. The van der Waals surface area contributed by atoms with Crippen LogP contribution in [0.5, 0.6) is 0 Å². The van der Waals surface area contributed by atoms with Crippen LogP contribution >= 0.6 is 0 Å². The van der Waals surface area contributed by atoms with E-state index >= 15 is 0 Å². The number of hydrogen-bond acceptors (Lipinski definition) is 2. The van der Waals surface area contributed by atoms with E-state index in [1.54, 1.807) is 0 Å². The first-order valence-electron chi connectivity index (χ1n) is 6.57. The Morgan fingerprint density at radius 3 is 2.65 bits per heavy atom. The third-order valence-corrected chi connectivity index (χ3v) is 3.24. The summed E-state index contributed by atoms with van der Waals surface area (Å²) in [7, 11) is 0. The molecule has 17 heavy (non-hydrogen) atoms. The van der Waals surface area contributed by atoms with Crippen molar-refractivity contribution < 1.29 is 9.53 Å². The van der Waals surface area contributed by atoms with Crippen LogP contribution in [-0.2, 0) is 4.74 Å². The van der Waals surface area contributed by atoms with Gasteiger partial charge in [0.05, 0.1) is 6.10 Å². The molecule has 2 rings (SSSR count). The van der Waals surface area contributed by atoms with E-state index in [1.807, 2.05) is 30.3 Å². The predicted octanol–water partition coefficient (Wildman–Crippen LogP) is 3.61. The van der Waals surface area contributed by atoms with Crippen molar-refractivity contribution in [2.75, 3.05) is 0 Å². The maximum atomic E-state index is 12.0. The van der Waals surface area contributed by atoms with E-state index < -0.39 is 0 Å². The number of hydrogen-bond donors (Lipinski definition) is 0. The maximum Gasteiger partial charge on any atom is 0.194 e. The monoisotopic (exact) mass is 232 g/mol. The summed E-state index contributed by atoms with van der Waals surface area (Å²) in [6.07, 6.45) is 6.00. The van der Waals surface area contributed by atoms with E-state index in [0.717, 1.165) is 12.0 Å². The first-order valence-corrected chi connectivity index (χ1v) is 6.57.